The number of rotatable bonds is 2. The van der Waals surface area contributed by atoms with Gasteiger partial charge in [-0.3, -0.25) is 0 Å². The zero-order valence-electron chi connectivity index (χ0n) is 9.33. The van der Waals surface area contributed by atoms with Crippen LogP contribution in [0.25, 0.3) is 0 Å². The molecule has 1 aliphatic heterocycles. The molecule has 1 saturated heterocycles. The second-order valence-corrected chi connectivity index (χ2v) is 9.10. The van der Waals surface area contributed by atoms with Crippen molar-refractivity contribution in [1.29, 1.82) is 0 Å². The summed E-state index contributed by atoms with van der Waals surface area (Å²) in [6.45, 7) is 6.01. The second kappa shape index (κ2) is 4.20. The topological polar surface area (TPSA) is 60.9 Å². The molecule has 2 unspecified atom stereocenters. The first-order valence-corrected chi connectivity index (χ1v) is 8.51. The van der Waals surface area contributed by atoms with Crippen LogP contribution in [0.1, 0.15) is 17.9 Å². The third-order valence-corrected chi connectivity index (χ3v) is 5.78. The van der Waals surface area contributed by atoms with Crippen molar-refractivity contribution in [2.24, 2.45) is 0 Å². The van der Waals surface area contributed by atoms with Crippen LogP contribution in [-0.2, 0) is 0 Å². The van der Waals surface area contributed by atoms with E-state index >= 15 is 0 Å². The number of hydrogen-bond donors (Lipinski definition) is 3. The molecule has 0 saturated carbocycles. The summed E-state index contributed by atoms with van der Waals surface area (Å²) >= 11 is 0. The SMILES string of the molecule is C[PH](C)(O)C1CNCC(c2cn[nH]c2)C1. The van der Waals surface area contributed by atoms with Crippen LogP contribution in [0.3, 0.4) is 0 Å². The average molecular weight is 229 g/mol. The molecular formula is C10H20N3OP. The van der Waals surface area contributed by atoms with Gasteiger partial charge in [0.15, 0.2) is 0 Å². The van der Waals surface area contributed by atoms with Crippen LogP contribution in [0.4, 0.5) is 0 Å². The van der Waals surface area contributed by atoms with Crippen LogP contribution in [0.2, 0.25) is 0 Å². The maximum absolute atomic E-state index is 10.1. The van der Waals surface area contributed by atoms with Crippen LogP contribution in [0, 0.1) is 0 Å². The number of aromatic amines is 1. The molecule has 0 amide bonds. The van der Waals surface area contributed by atoms with Gasteiger partial charge >= 0.3 is 90.3 Å². The number of hydrogen-bond acceptors (Lipinski definition) is 3. The van der Waals surface area contributed by atoms with Gasteiger partial charge in [-0.25, -0.2) is 0 Å². The number of piperidine rings is 1. The number of aromatic nitrogens is 2. The van der Waals surface area contributed by atoms with Crippen LogP contribution in [0.15, 0.2) is 12.4 Å². The molecule has 1 aromatic heterocycles. The van der Waals surface area contributed by atoms with E-state index in [1.54, 1.807) is 0 Å². The maximum atomic E-state index is 10.1. The summed E-state index contributed by atoms with van der Waals surface area (Å²) in [5.74, 6) is 0.501. The first kappa shape index (κ1) is 11.1. The van der Waals surface area contributed by atoms with Crippen molar-refractivity contribution in [3.8, 4) is 0 Å². The van der Waals surface area contributed by atoms with E-state index in [-0.39, 0.29) is 0 Å². The van der Waals surface area contributed by atoms with Gasteiger partial charge in [0.1, 0.15) is 0 Å². The van der Waals surface area contributed by atoms with Crippen molar-refractivity contribution in [1.82, 2.24) is 15.5 Å². The van der Waals surface area contributed by atoms with Gasteiger partial charge < -0.3 is 0 Å². The van der Waals surface area contributed by atoms with Crippen molar-refractivity contribution >= 4 is 7.49 Å². The molecule has 2 heterocycles. The third kappa shape index (κ3) is 2.57. The van der Waals surface area contributed by atoms with Gasteiger partial charge in [0.05, 0.1) is 0 Å². The van der Waals surface area contributed by atoms with Gasteiger partial charge in [-0.05, 0) is 0 Å². The van der Waals surface area contributed by atoms with E-state index in [0.29, 0.717) is 11.6 Å². The van der Waals surface area contributed by atoms with Crippen LogP contribution < -0.4 is 5.32 Å². The first-order valence-electron chi connectivity index (χ1n) is 5.49. The van der Waals surface area contributed by atoms with Crippen molar-refractivity contribution < 1.29 is 4.89 Å². The second-order valence-electron chi connectivity index (χ2n) is 4.97. The molecule has 0 radical (unpaired) electrons. The van der Waals surface area contributed by atoms with E-state index in [1.165, 1.54) is 5.56 Å². The fraction of sp³-hybridized carbons (Fsp3) is 0.700. The summed E-state index contributed by atoms with van der Waals surface area (Å²) in [7, 11) is -2.00. The molecule has 2 rings (SSSR count). The minimum atomic E-state index is -2.00. The summed E-state index contributed by atoms with van der Waals surface area (Å²) in [4.78, 5) is 10.1. The number of H-pyrrole nitrogens is 1. The van der Waals surface area contributed by atoms with E-state index in [1.807, 2.05) is 25.7 Å². The molecule has 0 bridgehead atoms. The Morgan fingerprint density at radius 1 is 1.47 bits per heavy atom. The molecular weight excluding hydrogens is 209 g/mol. The van der Waals surface area contributed by atoms with Crippen LogP contribution in [0.5, 0.6) is 0 Å². The van der Waals surface area contributed by atoms with Crippen molar-refractivity contribution in [3.63, 3.8) is 0 Å². The zero-order valence-corrected chi connectivity index (χ0v) is 10.3. The Kier molecular flexibility index (Phi) is 3.10. The third-order valence-electron chi connectivity index (χ3n) is 3.34. The molecule has 1 fully saturated rings. The Labute approximate surface area is 90.9 Å². The molecule has 0 aliphatic carbocycles. The van der Waals surface area contributed by atoms with Gasteiger partial charge in [0.2, 0.25) is 0 Å². The zero-order chi connectivity index (χ0) is 10.9. The Balaban J connectivity index is 2.05. The summed E-state index contributed by atoms with van der Waals surface area (Å²) in [5.41, 5.74) is 1.71. The Morgan fingerprint density at radius 3 is 2.87 bits per heavy atom. The van der Waals surface area contributed by atoms with Gasteiger partial charge in [0.25, 0.3) is 0 Å². The summed E-state index contributed by atoms with van der Waals surface area (Å²) in [6, 6.07) is 0. The fourth-order valence-electron chi connectivity index (χ4n) is 2.22. The van der Waals surface area contributed by atoms with Crippen molar-refractivity contribution in [2.45, 2.75) is 18.0 Å². The summed E-state index contributed by atoms with van der Waals surface area (Å²) in [6.07, 6.45) is 4.93. The van der Waals surface area contributed by atoms with Crippen molar-refractivity contribution in [2.75, 3.05) is 26.4 Å². The molecule has 0 aromatic carbocycles. The van der Waals surface area contributed by atoms with Crippen LogP contribution in [-0.4, -0.2) is 47.2 Å². The van der Waals surface area contributed by atoms with E-state index in [4.69, 9.17) is 0 Å². The molecule has 86 valence electrons. The Hall–Kier alpha value is -0.440. The fourth-order valence-corrected chi connectivity index (χ4v) is 3.72. The van der Waals surface area contributed by atoms with E-state index in [0.717, 1.165) is 19.5 Å². The number of nitrogens with zero attached hydrogens (tertiary/aromatic N) is 1. The normalized spacial score (nSPS) is 29.0. The predicted octanol–water partition coefficient (Wildman–Crippen LogP) is 0.772. The molecule has 4 nitrogen and oxygen atoms in total. The first-order chi connectivity index (χ1) is 7.07. The summed E-state index contributed by atoms with van der Waals surface area (Å²) < 4.78 is 0. The van der Waals surface area contributed by atoms with Crippen LogP contribution >= 0.6 is 7.49 Å². The molecule has 1 aliphatic rings. The minimum absolute atomic E-state index is 0.450. The average Bonchev–Trinajstić information content (AvgIpc) is 2.69. The quantitative estimate of drug-likeness (QED) is 0.656. The van der Waals surface area contributed by atoms with Gasteiger partial charge in [-0.15, -0.1) is 0 Å². The molecule has 5 heteroatoms. The summed E-state index contributed by atoms with van der Waals surface area (Å²) in [5, 5.41) is 10.2. The monoisotopic (exact) mass is 229 g/mol. The molecule has 15 heavy (non-hydrogen) atoms. The Bertz CT molecular complexity index is 307. The Morgan fingerprint density at radius 2 is 2.27 bits per heavy atom. The molecule has 3 N–H and O–H groups in total. The van der Waals surface area contributed by atoms with E-state index in [2.05, 4.69) is 15.5 Å². The molecule has 0 spiro atoms. The molecule has 1 aromatic rings. The number of nitrogens with one attached hydrogen (secondary N) is 2. The van der Waals surface area contributed by atoms with E-state index in [9.17, 15) is 4.89 Å². The molecule has 2 atom stereocenters. The van der Waals surface area contributed by atoms with Gasteiger partial charge in [-0.1, -0.05) is 0 Å². The van der Waals surface area contributed by atoms with E-state index < -0.39 is 7.49 Å². The van der Waals surface area contributed by atoms with Gasteiger partial charge in [0, 0.05) is 0 Å². The standard InChI is InChI=1S/C10H20N3OP/c1-15(2,14)10-3-8(4-11-7-10)9-5-12-13-6-9/h5-6,8,10-11,14-15H,3-4,7H2,1-2H3,(H,12,13). The van der Waals surface area contributed by atoms with Crippen molar-refractivity contribution in [3.05, 3.63) is 18.0 Å². The predicted molar refractivity (Wildman–Crippen MR) is 65.0 cm³/mol. The van der Waals surface area contributed by atoms with Gasteiger partial charge in [-0.2, -0.15) is 0 Å².